The van der Waals surface area contributed by atoms with Gasteiger partial charge in [-0.1, -0.05) is 6.07 Å². The molecular formula is C14H18N2O2. The Hall–Kier alpha value is -2.02. The molecule has 0 N–H and O–H groups in total. The lowest BCUT2D eigenvalue weighted by Gasteiger charge is -2.28. The molecule has 0 amide bonds. The van der Waals surface area contributed by atoms with Crippen molar-refractivity contribution in [2.75, 3.05) is 18.6 Å². The smallest absolute Gasteiger partial charge is 0.325 e. The van der Waals surface area contributed by atoms with Crippen molar-refractivity contribution >= 4 is 11.7 Å². The fraction of sp³-hybridized carbons (Fsp3) is 0.429. The van der Waals surface area contributed by atoms with Crippen LogP contribution in [0.2, 0.25) is 0 Å². The molecule has 4 nitrogen and oxygen atoms in total. The van der Waals surface area contributed by atoms with Gasteiger partial charge in [0.1, 0.15) is 12.6 Å². The van der Waals surface area contributed by atoms with Crippen molar-refractivity contribution in [1.29, 1.82) is 5.26 Å². The summed E-state index contributed by atoms with van der Waals surface area (Å²) in [7, 11) is 1.36. The molecule has 96 valence electrons. The standard InChI is InChI=1S/C14H18N2O2/c1-10(2)16(9-14(17)18-4)13-6-5-11(3)7-12(13)8-15/h5-7,10H,9H2,1-4H3. The summed E-state index contributed by atoms with van der Waals surface area (Å²) in [4.78, 5) is 13.3. The highest BCUT2D eigenvalue weighted by molar-refractivity contribution is 5.77. The zero-order valence-electron chi connectivity index (χ0n) is 11.2. The monoisotopic (exact) mass is 246 g/mol. The number of anilines is 1. The van der Waals surface area contributed by atoms with Crippen LogP contribution in [0.5, 0.6) is 0 Å². The molecule has 0 spiro atoms. The van der Waals surface area contributed by atoms with Crippen molar-refractivity contribution in [2.45, 2.75) is 26.8 Å². The number of ether oxygens (including phenoxy) is 1. The molecule has 0 radical (unpaired) electrons. The Morgan fingerprint density at radius 3 is 2.67 bits per heavy atom. The van der Waals surface area contributed by atoms with E-state index in [9.17, 15) is 10.1 Å². The molecule has 0 atom stereocenters. The number of benzene rings is 1. The van der Waals surface area contributed by atoms with Gasteiger partial charge in [-0.05, 0) is 38.5 Å². The maximum atomic E-state index is 11.4. The van der Waals surface area contributed by atoms with Crippen molar-refractivity contribution in [2.24, 2.45) is 0 Å². The van der Waals surface area contributed by atoms with Gasteiger partial charge in [0.25, 0.3) is 0 Å². The fourth-order valence-electron chi connectivity index (χ4n) is 1.74. The number of carbonyl (C=O) groups is 1. The maximum Gasteiger partial charge on any atom is 0.325 e. The van der Waals surface area contributed by atoms with Gasteiger partial charge in [-0.15, -0.1) is 0 Å². The van der Waals surface area contributed by atoms with E-state index in [0.29, 0.717) is 5.56 Å². The van der Waals surface area contributed by atoms with E-state index < -0.39 is 0 Å². The van der Waals surface area contributed by atoms with Gasteiger partial charge < -0.3 is 9.64 Å². The van der Waals surface area contributed by atoms with E-state index in [-0.39, 0.29) is 18.6 Å². The Bertz CT molecular complexity index is 475. The molecule has 0 bridgehead atoms. The largest absolute Gasteiger partial charge is 0.468 e. The average Bonchev–Trinajstić information content (AvgIpc) is 2.35. The van der Waals surface area contributed by atoms with Crippen molar-refractivity contribution in [3.05, 3.63) is 29.3 Å². The third-order valence-corrected chi connectivity index (χ3v) is 2.73. The van der Waals surface area contributed by atoms with Crippen LogP contribution in [0, 0.1) is 18.3 Å². The summed E-state index contributed by atoms with van der Waals surface area (Å²) in [6.07, 6.45) is 0. The molecule has 1 rings (SSSR count). The summed E-state index contributed by atoms with van der Waals surface area (Å²) >= 11 is 0. The maximum absolute atomic E-state index is 11.4. The molecule has 0 heterocycles. The summed E-state index contributed by atoms with van der Waals surface area (Å²) in [5.74, 6) is -0.312. The van der Waals surface area contributed by atoms with Gasteiger partial charge in [0.05, 0.1) is 18.4 Å². The fourth-order valence-corrected chi connectivity index (χ4v) is 1.74. The first-order valence-corrected chi connectivity index (χ1v) is 5.83. The van der Waals surface area contributed by atoms with Crippen molar-refractivity contribution in [3.63, 3.8) is 0 Å². The second kappa shape index (κ2) is 6.06. The van der Waals surface area contributed by atoms with Crippen LogP contribution in [0.3, 0.4) is 0 Å². The number of hydrogen-bond donors (Lipinski definition) is 0. The predicted molar refractivity (Wildman–Crippen MR) is 70.4 cm³/mol. The molecule has 18 heavy (non-hydrogen) atoms. The first kappa shape index (κ1) is 14.0. The first-order chi connectivity index (χ1) is 8.49. The highest BCUT2D eigenvalue weighted by Gasteiger charge is 2.18. The Balaban J connectivity index is 3.14. The van der Waals surface area contributed by atoms with Crippen LogP contribution in [-0.2, 0) is 9.53 Å². The van der Waals surface area contributed by atoms with E-state index >= 15 is 0 Å². The van der Waals surface area contributed by atoms with E-state index in [1.807, 2.05) is 43.9 Å². The van der Waals surface area contributed by atoms with Crippen molar-refractivity contribution < 1.29 is 9.53 Å². The predicted octanol–water partition coefficient (Wildman–Crippen LogP) is 2.25. The van der Waals surface area contributed by atoms with Crippen LogP contribution in [0.15, 0.2) is 18.2 Å². The van der Waals surface area contributed by atoms with Crippen LogP contribution in [0.1, 0.15) is 25.0 Å². The lowest BCUT2D eigenvalue weighted by atomic mass is 10.1. The van der Waals surface area contributed by atoms with Gasteiger partial charge >= 0.3 is 5.97 Å². The minimum absolute atomic E-state index is 0.110. The zero-order chi connectivity index (χ0) is 13.7. The Morgan fingerprint density at radius 2 is 2.17 bits per heavy atom. The van der Waals surface area contributed by atoms with E-state index in [1.54, 1.807) is 0 Å². The molecule has 0 fully saturated rings. The normalized spacial score (nSPS) is 10.0. The molecule has 0 aliphatic heterocycles. The molecule has 0 unspecified atom stereocenters. The van der Waals surface area contributed by atoms with Gasteiger partial charge in [-0.25, -0.2) is 0 Å². The molecule has 0 aromatic heterocycles. The van der Waals surface area contributed by atoms with Gasteiger partial charge in [-0.3, -0.25) is 4.79 Å². The third kappa shape index (κ3) is 3.24. The molecule has 0 aliphatic rings. The van der Waals surface area contributed by atoms with Crippen molar-refractivity contribution in [3.8, 4) is 6.07 Å². The minimum atomic E-state index is -0.312. The minimum Gasteiger partial charge on any atom is -0.468 e. The van der Waals surface area contributed by atoms with Crippen LogP contribution >= 0.6 is 0 Å². The summed E-state index contributed by atoms with van der Waals surface area (Å²) in [5.41, 5.74) is 2.37. The number of esters is 1. The van der Waals surface area contributed by atoms with Gasteiger partial charge in [-0.2, -0.15) is 5.26 Å². The topological polar surface area (TPSA) is 53.3 Å². The summed E-state index contributed by atoms with van der Waals surface area (Å²) < 4.78 is 4.69. The quantitative estimate of drug-likeness (QED) is 0.765. The number of aryl methyl sites for hydroxylation is 1. The molecule has 4 heteroatoms. The summed E-state index contributed by atoms with van der Waals surface area (Å²) in [5, 5.41) is 9.17. The lowest BCUT2D eigenvalue weighted by Crippen LogP contribution is -2.36. The Kier molecular flexibility index (Phi) is 4.73. The summed E-state index contributed by atoms with van der Waals surface area (Å²) in [6.45, 7) is 6.03. The average molecular weight is 246 g/mol. The van der Waals surface area contributed by atoms with Crippen LogP contribution in [-0.4, -0.2) is 25.7 Å². The van der Waals surface area contributed by atoms with Crippen LogP contribution in [0.25, 0.3) is 0 Å². The third-order valence-electron chi connectivity index (χ3n) is 2.73. The zero-order valence-corrected chi connectivity index (χ0v) is 11.2. The molecule has 0 aliphatic carbocycles. The Labute approximate surface area is 108 Å². The SMILES string of the molecule is COC(=O)CN(c1ccc(C)cc1C#N)C(C)C. The number of nitrogens with zero attached hydrogens (tertiary/aromatic N) is 2. The number of carbonyl (C=O) groups excluding carboxylic acids is 1. The van der Waals surface area contributed by atoms with E-state index in [0.717, 1.165) is 11.3 Å². The highest BCUT2D eigenvalue weighted by Crippen LogP contribution is 2.23. The van der Waals surface area contributed by atoms with Crippen molar-refractivity contribution in [1.82, 2.24) is 0 Å². The number of nitriles is 1. The highest BCUT2D eigenvalue weighted by atomic mass is 16.5. The second-order valence-corrected chi connectivity index (χ2v) is 4.43. The molecule has 1 aromatic carbocycles. The van der Waals surface area contributed by atoms with E-state index in [2.05, 4.69) is 10.8 Å². The number of methoxy groups -OCH3 is 1. The molecular weight excluding hydrogens is 228 g/mol. The van der Waals surface area contributed by atoms with Gasteiger partial charge in [0.2, 0.25) is 0 Å². The summed E-state index contributed by atoms with van der Waals surface area (Å²) in [6, 6.07) is 7.91. The van der Waals surface area contributed by atoms with Gasteiger partial charge in [0, 0.05) is 6.04 Å². The number of rotatable bonds is 4. The van der Waals surface area contributed by atoms with Gasteiger partial charge in [0.15, 0.2) is 0 Å². The van der Waals surface area contributed by atoms with E-state index in [1.165, 1.54) is 7.11 Å². The van der Waals surface area contributed by atoms with Crippen LogP contribution in [0.4, 0.5) is 5.69 Å². The Morgan fingerprint density at radius 1 is 1.50 bits per heavy atom. The lowest BCUT2D eigenvalue weighted by molar-refractivity contribution is -0.139. The molecule has 0 saturated heterocycles. The van der Waals surface area contributed by atoms with E-state index in [4.69, 9.17) is 0 Å². The molecule has 0 saturated carbocycles. The second-order valence-electron chi connectivity index (χ2n) is 4.43. The van der Waals surface area contributed by atoms with Crippen LogP contribution < -0.4 is 4.90 Å². The molecule has 1 aromatic rings. The first-order valence-electron chi connectivity index (χ1n) is 5.83. The number of hydrogen-bond acceptors (Lipinski definition) is 4.